The molecule has 0 bridgehead atoms. The number of phenols is 1. The molecule has 1 atom stereocenters. The highest BCUT2D eigenvalue weighted by Crippen LogP contribution is 2.37. The molecule has 1 N–H and O–H groups in total. The van der Waals surface area contributed by atoms with Gasteiger partial charge < -0.3 is 10.0 Å². The summed E-state index contributed by atoms with van der Waals surface area (Å²) in [5, 5.41) is 14.7. The summed E-state index contributed by atoms with van der Waals surface area (Å²) < 4.78 is 54.6. The summed E-state index contributed by atoms with van der Waals surface area (Å²) >= 11 is 0. The van der Waals surface area contributed by atoms with E-state index < -0.39 is 23.3 Å². The Hall–Kier alpha value is -3.17. The van der Waals surface area contributed by atoms with Crippen molar-refractivity contribution in [1.82, 2.24) is 19.7 Å². The average molecular weight is 422 g/mol. The van der Waals surface area contributed by atoms with E-state index in [1.807, 2.05) is 6.92 Å². The predicted octanol–water partition coefficient (Wildman–Crippen LogP) is 3.83. The number of rotatable bonds is 4. The Morgan fingerprint density at radius 2 is 2.03 bits per heavy atom. The van der Waals surface area contributed by atoms with Crippen molar-refractivity contribution >= 4 is 16.9 Å². The van der Waals surface area contributed by atoms with Crippen molar-refractivity contribution in [3.8, 4) is 17.0 Å². The van der Waals surface area contributed by atoms with Crippen LogP contribution in [0.5, 0.6) is 5.75 Å². The summed E-state index contributed by atoms with van der Waals surface area (Å²) in [6.45, 7) is 3.63. The maximum atomic E-state index is 14.6. The molecule has 1 fully saturated rings. The number of aromatic nitrogens is 3. The first-order valence-corrected chi connectivity index (χ1v) is 9.37. The van der Waals surface area contributed by atoms with E-state index in [2.05, 4.69) is 10.1 Å². The van der Waals surface area contributed by atoms with E-state index in [1.165, 1.54) is 6.07 Å². The molecule has 0 radical (unpaired) electrons. The molecule has 10 heteroatoms. The van der Waals surface area contributed by atoms with E-state index in [4.69, 9.17) is 0 Å². The number of fused-ring (bicyclic) bond motifs is 1. The van der Waals surface area contributed by atoms with Gasteiger partial charge in [0.15, 0.2) is 5.65 Å². The van der Waals surface area contributed by atoms with Crippen LogP contribution in [0, 0.1) is 11.7 Å². The Balaban J connectivity index is 1.64. The van der Waals surface area contributed by atoms with Crippen molar-refractivity contribution in [3.05, 3.63) is 41.8 Å². The van der Waals surface area contributed by atoms with Gasteiger partial charge in [0.05, 0.1) is 5.56 Å². The van der Waals surface area contributed by atoms with Crippen LogP contribution in [0.25, 0.3) is 22.3 Å². The second kappa shape index (κ2) is 7.26. The minimum Gasteiger partial charge on any atom is -0.507 e. The molecule has 1 aromatic carbocycles. The molecule has 1 amide bonds. The standard InChI is InChI=1S/C20H18F4N4O2/c1-2-27-8-11(5-17(27)30)9-28-10-12-6-15(21)18(25-19(12)26-28)14-4-3-13(7-16(14)29)20(22,23)24/h3-4,6-7,10-11,29H,2,5,8-9H2,1H3/t11-/m0/s1. The van der Waals surface area contributed by atoms with Crippen LogP contribution in [0.2, 0.25) is 0 Å². The summed E-state index contributed by atoms with van der Waals surface area (Å²) in [6, 6.07) is 3.46. The lowest BCUT2D eigenvalue weighted by Gasteiger charge is -2.13. The largest absolute Gasteiger partial charge is 0.507 e. The molecule has 0 saturated carbocycles. The van der Waals surface area contributed by atoms with Crippen molar-refractivity contribution in [2.75, 3.05) is 13.1 Å². The van der Waals surface area contributed by atoms with Crippen LogP contribution in [0.15, 0.2) is 30.5 Å². The lowest BCUT2D eigenvalue weighted by Crippen LogP contribution is -2.25. The number of alkyl halides is 3. The van der Waals surface area contributed by atoms with Gasteiger partial charge in [-0.25, -0.2) is 9.37 Å². The molecule has 6 nitrogen and oxygen atoms in total. The van der Waals surface area contributed by atoms with Crippen molar-refractivity contribution in [1.29, 1.82) is 0 Å². The number of carbonyl (C=O) groups excluding carboxylic acids is 1. The Kier molecular flexibility index (Phi) is 4.87. The SMILES string of the molecule is CCN1C[C@@H](Cn2cc3cc(F)c(-c4ccc(C(F)(F)F)cc4O)nc3n2)CC1=O. The van der Waals surface area contributed by atoms with E-state index in [9.17, 15) is 27.5 Å². The van der Waals surface area contributed by atoms with E-state index in [0.717, 1.165) is 12.1 Å². The smallest absolute Gasteiger partial charge is 0.416 e. The third-order valence-electron chi connectivity index (χ3n) is 5.20. The second-order valence-electron chi connectivity index (χ2n) is 7.31. The molecule has 2 aromatic heterocycles. The number of amides is 1. The number of hydrogen-bond donors (Lipinski definition) is 1. The predicted molar refractivity (Wildman–Crippen MR) is 99.9 cm³/mol. The van der Waals surface area contributed by atoms with Gasteiger partial charge in [0.2, 0.25) is 5.91 Å². The van der Waals surface area contributed by atoms with Crippen LogP contribution in [-0.4, -0.2) is 43.8 Å². The minimum atomic E-state index is -4.63. The molecule has 3 heterocycles. The number of likely N-dealkylation sites (tertiary alicyclic amines) is 1. The van der Waals surface area contributed by atoms with Crippen LogP contribution in [0.4, 0.5) is 17.6 Å². The first-order valence-electron chi connectivity index (χ1n) is 9.37. The maximum Gasteiger partial charge on any atom is 0.416 e. The normalized spacial score (nSPS) is 17.3. The summed E-state index contributed by atoms with van der Waals surface area (Å²) in [6.07, 6.45) is -2.60. The van der Waals surface area contributed by atoms with Gasteiger partial charge in [-0.3, -0.25) is 9.48 Å². The Labute approximate surface area is 168 Å². The van der Waals surface area contributed by atoms with Crippen LogP contribution in [0.1, 0.15) is 18.9 Å². The Morgan fingerprint density at radius 1 is 1.27 bits per heavy atom. The first kappa shape index (κ1) is 20.1. The monoisotopic (exact) mass is 422 g/mol. The fourth-order valence-electron chi connectivity index (χ4n) is 3.72. The van der Waals surface area contributed by atoms with Gasteiger partial charge in [0, 0.05) is 49.1 Å². The quantitative estimate of drug-likeness (QED) is 0.649. The molecule has 0 aliphatic carbocycles. The molecular formula is C20H18F4N4O2. The van der Waals surface area contributed by atoms with Gasteiger partial charge >= 0.3 is 6.18 Å². The topological polar surface area (TPSA) is 71.2 Å². The van der Waals surface area contributed by atoms with Crippen LogP contribution < -0.4 is 0 Å². The van der Waals surface area contributed by atoms with Gasteiger partial charge in [-0.2, -0.15) is 18.3 Å². The fourth-order valence-corrected chi connectivity index (χ4v) is 3.72. The molecule has 0 spiro atoms. The van der Waals surface area contributed by atoms with E-state index in [1.54, 1.807) is 15.8 Å². The lowest BCUT2D eigenvalue weighted by molar-refractivity contribution is -0.137. The first-order chi connectivity index (χ1) is 14.2. The van der Waals surface area contributed by atoms with Crippen molar-refractivity contribution in [3.63, 3.8) is 0 Å². The molecule has 3 aromatic rings. The Morgan fingerprint density at radius 3 is 2.67 bits per heavy atom. The van der Waals surface area contributed by atoms with E-state index in [-0.39, 0.29) is 28.7 Å². The highest BCUT2D eigenvalue weighted by molar-refractivity contribution is 5.80. The number of hydrogen-bond acceptors (Lipinski definition) is 4. The molecule has 1 aliphatic rings. The highest BCUT2D eigenvalue weighted by Gasteiger charge is 2.32. The van der Waals surface area contributed by atoms with Gasteiger partial charge in [-0.15, -0.1) is 0 Å². The summed E-state index contributed by atoms with van der Waals surface area (Å²) in [5.74, 6) is -1.34. The highest BCUT2D eigenvalue weighted by atomic mass is 19.4. The van der Waals surface area contributed by atoms with Crippen molar-refractivity contribution in [2.24, 2.45) is 5.92 Å². The van der Waals surface area contributed by atoms with E-state index in [0.29, 0.717) is 37.5 Å². The number of aromatic hydroxyl groups is 1. The lowest BCUT2D eigenvalue weighted by atomic mass is 10.1. The molecule has 0 unspecified atom stereocenters. The number of benzene rings is 1. The zero-order valence-electron chi connectivity index (χ0n) is 15.9. The number of nitrogens with zero attached hydrogens (tertiary/aromatic N) is 4. The number of halogens is 4. The van der Waals surface area contributed by atoms with Crippen LogP contribution in [-0.2, 0) is 17.5 Å². The summed E-state index contributed by atoms with van der Waals surface area (Å²) in [5.41, 5.74) is -1.28. The molecule has 4 rings (SSSR count). The number of phenolic OH excluding ortho intramolecular Hbond substituents is 1. The van der Waals surface area contributed by atoms with Crippen LogP contribution >= 0.6 is 0 Å². The van der Waals surface area contributed by atoms with Gasteiger partial charge in [0.25, 0.3) is 0 Å². The maximum absolute atomic E-state index is 14.6. The molecule has 158 valence electrons. The summed E-state index contributed by atoms with van der Waals surface area (Å²) in [7, 11) is 0. The van der Waals surface area contributed by atoms with Crippen molar-refractivity contribution in [2.45, 2.75) is 26.1 Å². The fraction of sp³-hybridized carbons (Fsp3) is 0.350. The molecular weight excluding hydrogens is 404 g/mol. The van der Waals surface area contributed by atoms with Gasteiger partial charge in [-0.05, 0) is 31.2 Å². The average Bonchev–Trinajstić information content (AvgIpc) is 3.22. The third kappa shape index (κ3) is 3.69. The van der Waals surface area contributed by atoms with Gasteiger partial charge in [-0.1, -0.05) is 0 Å². The zero-order valence-corrected chi connectivity index (χ0v) is 15.9. The number of pyridine rings is 1. The minimum absolute atomic E-state index is 0.0787. The van der Waals surface area contributed by atoms with Gasteiger partial charge in [0.1, 0.15) is 17.3 Å². The second-order valence-corrected chi connectivity index (χ2v) is 7.31. The Bertz CT molecular complexity index is 1130. The third-order valence-corrected chi connectivity index (χ3v) is 5.20. The zero-order chi connectivity index (χ0) is 21.6. The number of carbonyl (C=O) groups is 1. The van der Waals surface area contributed by atoms with Crippen LogP contribution in [0.3, 0.4) is 0 Å². The summed E-state index contributed by atoms with van der Waals surface area (Å²) in [4.78, 5) is 17.8. The molecule has 30 heavy (non-hydrogen) atoms. The van der Waals surface area contributed by atoms with Crippen molar-refractivity contribution < 1.29 is 27.5 Å². The molecule has 1 aliphatic heterocycles. The molecule has 1 saturated heterocycles. The van der Waals surface area contributed by atoms with E-state index >= 15 is 0 Å².